The van der Waals surface area contributed by atoms with Crippen LogP contribution in [-0.2, 0) is 13.7 Å². The number of hydrogen-bond acceptors (Lipinski definition) is 6. The highest BCUT2D eigenvalue weighted by Crippen LogP contribution is 2.32. The van der Waals surface area contributed by atoms with E-state index in [9.17, 15) is 9.59 Å². The number of nitrogens with zero attached hydrogens (tertiary/aromatic N) is 3. The topological polar surface area (TPSA) is 113 Å². The zero-order valence-corrected chi connectivity index (χ0v) is 18.7. The fourth-order valence-corrected chi connectivity index (χ4v) is 3.75. The first-order valence-electron chi connectivity index (χ1n) is 10.1. The first-order chi connectivity index (χ1) is 15.9. The summed E-state index contributed by atoms with van der Waals surface area (Å²) in [5.74, 6) is 0.436. The van der Waals surface area contributed by atoms with Gasteiger partial charge in [0.05, 0.1) is 17.3 Å². The van der Waals surface area contributed by atoms with Crippen molar-refractivity contribution >= 4 is 28.2 Å². The predicted octanol–water partition coefficient (Wildman–Crippen LogP) is 3.90. The fourth-order valence-electron chi connectivity index (χ4n) is 3.47. The molecule has 0 fully saturated rings. The molecule has 8 nitrogen and oxygen atoms in total. The van der Waals surface area contributed by atoms with Crippen molar-refractivity contribution in [3.05, 3.63) is 97.4 Å². The summed E-state index contributed by atoms with van der Waals surface area (Å²) in [6, 6.07) is 15.4. The molecule has 4 aromatic rings. The highest BCUT2D eigenvalue weighted by Gasteiger charge is 2.16. The number of nitrogens with one attached hydrogen (secondary N) is 2. The highest BCUT2D eigenvalue weighted by molar-refractivity contribution is 6.36. The normalized spacial score (nSPS) is 11.7. The van der Waals surface area contributed by atoms with Crippen LogP contribution in [-0.4, -0.2) is 14.5 Å². The molecule has 4 rings (SSSR count). The van der Waals surface area contributed by atoms with Crippen LogP contribution in [0.1, 0.15) is 29.9 Å². The standard InChI is InChI=1S/C24H20ClN5O3/c1-14(28-19-8-7-17(12-26)30(2)24(19)32)18-11-15-6-9-20(21(25)22(15)29-23(18)31)33-13-16-5-3-4-10-27-16/h3-11,14,28H,13H2,1-2H3,(H,29,31). The number of rotatable bonds is 6. The Kier molecular flexibility index (Phi) is 6.16. The molecule has 33 heavy (non-hydrogen) atoms. The lowest BCUT2D eigenvalue weighted by Crippen LogP contribution is -2.26. The Hall–Kier alpha value is -4.09. The third-order valence-electron chi connectivity index (χ3n) is 5.31. The van der Waals surface area contributed by atoms with Gasteiger partial charge < -0.3 is 19.6 Å². The van der Waals surface area contributed by atoms with Crippen LogP contribution >= 0.6 is 11.6 Å². The second-order valence-corrected chi connectivity index (χ2v) is 7.86. The molecular formula is C24H20ClN5O3. The number of nitriles is 1. The number of aromatic nitrogens is 3. The van der Waals surface area contributed by atoms with E-state index >= 15 is 0 Å². The van der Waals surface area contributed by atoms with Crippen molar-refractivity contribution in [2.24, 2.45) is 7.05 Å². The van der Waals surface area contributed by atoms with E-state index in [1.165, 1.54) is 17.7 Å². The second kappa shape index (κ2) is 9.18. The average molecular weight is 462 g/mol. The van der Waals surface area contributed by atoms with Gasteiger partial charge in [-0.05, 0) is 49.4 Å². The number of halogens is 1. The maximum atomic E-state index is 12.8. The average Bonchev–Trinajstić information content (AvgIpc) is 2.82. The molecule has 0 bridgehead atoms. The smallest absolute Gasteiger partial charge is 0.274 e. The van der Waals surface area contributed by atoms with Crippen LogP contribution in [0.25, 0.3) is 10.9 Å². The number of ether oxygens (including phenoxy) is 1. The Balaban J connectivity index is 1.61. The number of hydrogen-bond donors (Lipinski definition) is 2. The van der Waals surface area contributed by atoms with Crippen LogP contribution in [0.5, 0.6) is 5.75 Å². The summed E-state index contributed by atoms with van der Waals surface area (Å²) in [7, 11) is 1.52. The summed E-state index contributed by atoms with van der Waals surface area (Å²) in [6.07, 6.45) is 1.68. The Morgan fingerprint density at radius 3 is 2.79 bits per heavy atom. The van der Waals surface area contributed by atoms with E-state index in [4.69, 9.17) is 21.6 Å². The van der Waals surface area contributed by atoms with E-state index in [0.29, 0.717) is 27.5 Å². The van der Waals surface area contributed by atoms with Crippen LogP contribution in [0, 0.1) is 11.3 Å². The third-order valence-corrected chi connectivity index (χ3v) is 5.68. The quantitative estimate of drug-likeness (QED) is 0.450. The number of H-pyrrole nitrogens is 1. The van der Waals surface area contributed by atoms with Crippen LogP contribution < -0.4 is 21.2 Å². The lowest BCUT2D eigenvalue weighted by molar-refractivity contribution is 0.302. The Labute approximate surface area is 194 Å². The molecule has 9 heteroatoms. The molecule has 0 spiro atoms. The van der Waals surface area contributed by atoms with Crippen molar-refractivity contribution in [2.75, 3.05) is 5.32 Å². The summed E-state index contributed by atoms with van der Waals surface area (Å²) in [4.78, 5) is 32.4. The van der Waals surface area contributed by atoms with Gasteiger partial charge in [-0.1, -0.05) is 17.7 Å². The third kappa shape index (κ3) is 4.45. The van der Waals surface area contributed by atoms with Crippen LogP contribution in [0.2, 0.25) is 5.02 Å². The molecule has 1 unspecified atom stereocenters. The van der Waals surface area contributed by atoms with E-state index in [0.717, 1.165) is 11.1 Å². The Bertz CT molecular complexity index is 1490. The fraction of sp³-hybridized carbons (Fsp3) is 0.167. The van der Waals surface area contributed by atoms with Crippen molar-refractivity contribution in [3.8, 4) is 11.8 Å². The molecule has 166 valence electrons. The van der Waals surface area contributed by atoms with Gasteiger partial charge in [0.25, 0.3) is 11.1 Å². The summed E-state index contributed by atoms with van der Waals surface area (Å²) in [5, 5.41) is 13.2. The molecule has 1 aromatic carbocycles. The molecule has 0 aliphatic rings. The molecular weight excluding hydrogens is 442 g/mol. The van der Waals surface area contributed by atoms with E-state index in [1.807, 2.05) is 30.3 Å². The molecule has 3 aromatic heterocycles. The largest absolute Gasteiger partial charge is 0.486 e. The SMILES string of the molecule is CC(Nc1ccc(C#N)n(C)c1=O)c1cc2ccc(OCc3ccccn3)c(Cl)c2[nH]c1=O. The zero-order chi connectivity index (χ0) is 23.5. The van der Waals surface area contributed by atoms with Crippen molar-refractivity contribution in [1.29, 1.82) is 5.26 Å². The summed E-state index contributed by atoms with van der Waals surface area (Å²) in [5.41, 5.74) is 1.51. The number of aromatic amines is 1. The van der Waals surface area contributed by atoms with Crippen LogP contribution in [0.15, 0.2) is 64.3 Å². The lowest BCUT2D eigenvalue weighted by atomic mass is 10.1. The van der Waals surface area contributed by atoms with Crippen LogP contribution in [0.4, 0.5) is 5.69 Å². The second-order valence-electron chi connectivity index (χ2n) is 7.48. The van der Waals surface area contributed by atoms with Gasteiger partial charge >= 0.3 is 0 Å². The van der Waals surface area contributed by atoms with Crippen LogP contribution in [0.3, 0.4) is 0 Å². The van der Waals surface area contributed by atoms with Crippen molar-refractivity contribution in [2.45, 2.75) is 19.6 Å². The van der Waals surface area contributed by atoms with Gasteiger partial charge in [-0.2, -0.15) is 5.26 Å². The first-order valence-corrected chi connectivity index (χ1v) is 10.5. The van der Waals surface area contributed by atoms with E-state index in [1.54, 1.807) is 31.3 Å². The molecule has 3 heterocycles. The maximum Gasteiger partial charge on any atom is 0.274 e. The van der Waals surface area contributed by atoms with Gasteiger partial charge in [0.2, 0.25) is 0 Å². The predicted molar refractivity (Wildman–Crippen MR) is 127 cm³/mol. The van der Waals surface area contributed by atoms with Gasteiger partial charge in [0.1, 0.15) is 34.8 Å². The van der Waals surface area contributed by atoms with Gasteiger partial charge in [-0.15, -0.1) is 0 Å². The Morgan fingerprint density at radius 1 is 1.24 bits per heavy atom. The summed E-state index contributed by atoms with van der Waals surface area (Å²) < 4.78 is 7.04. The van der Waals surface area contributed by atoms with E-state index < -0.39 is 6.04 Å². The minimum absolute atomic E-state index is 0.245. The minimum Gasteiger partial charge on any atom is -0.486 e. The van der Waals surface area contributed by atoms with E-state index in [-0.39, 0.29) is 23.4 Å². The van der Waals surface area contributed by atoms with Crippen molar-refractivity contribution in [3.63, 3.8) is 0 Å². The van der Waals surface area contributed by atoms with Gasteiger partial charge in [0.15, 0.2) is 0 Å². The molecule has 0 amide bonds. The van der Waals surface area contributed by atoms with E-state index in [2.05, 4.69) is 15.3 Å². The van der Waals surface area contributed by atoms with Crippen molar-refractivity contribution < 1.29 is 4.74 Å². The Morgan fingerprint density at radius 2 is 2.06 bits per heavy atom. The zero-order valence-electron chi connectivity index (χ0n) is 17.9. The van der Waals surface area contributed by atoms with Crippen molar-refractivity contribution in [1.82, 2.24) is 14.5 Å². The minimum atomic E-state index is -0.474. The summed E-state index contributed by atoms with van der Waals surface area (Å²) in [6.45, 7) is 2.02. The molecule has 1 atom stereocenters. The number of anilines is 1. The number of pyridine rings is 3. The maximum absolute atomic E-state index is 12.8. The molecule has 0 radical (unpaired) electrons. The van der Waals surface area contributed by atoms with Gasteiger partial charge in [-0.25, -0.2) is 0 Å². The first kappa shape index (κ1) is 22.1. The number of fused-ring (bicyclic) bond motifs is 1. The van der Waals surface area contributed by atoms with Gasteiger partial charge in [0, 0.05) is 24.2 Å². The molecule has 0 saturated heterocycles. The highest BCUT2D eigenvalue weighted by atomic mass is 35.5. The molecule has 0 aliphatic carbocycles. The molecule has 0 aliphatic heterocycles. The summed E-state index contributed by atoms with van der Waals surface area (Å²) >= 11 is 6.51. The molecule has 0 saturated carbocycles. The molecule has 2 N–H and O–H groups in total. The lowest BCUT2D eigenvalue weighted by Gasteiger charge is -2.16. The van der Waals surface area contributed by atoms with Gasteiger partial charge in [-0.3, -0.25) is 14.6 Å². The monoisotopic (exact) mass is 461 g/mol. The number of benzene rings is 1.